The van der Waals surface area contributed by atoms with Crippen molar-refractivity contribution >= 4 is 11.8 Å². The molecule has 25 heavy (non-hydrogen) atoms. The van der Waals surface area contributed by atoms with E-state index in [0.717, 1.165) is 12.1 Å². The predicted molar refractivity (Wildman–Crippen MR) is 95.9 cm³/mol. The summed E-state index contributed by atoms with van der Waals surface area (Å²) < 4.78 is 0. The fourth-order valence-electron chi connectivity index (χ4n) is 3.89. The van der Waals surface area contributed by atoms with Crippen molar-refractivity contribution in [3.05, 3.63) is 30.1 Å². The van der Waals surface area contributed by atoms with E-state index >= 15 is 0 Å². The van der Waals surface area contributed by atoms with E-state index in [4.69, 9.17) is 0 Å². The van der Waals surface area contributed by atoms with Crippen LogP contribution in [-0.4, -0.2) is 53.9 Å². The first-order chi connectivity index (χ1) is 12.1. The number of amides is 2. The average Bonchev–Trinajstić information content (AvgIpc) is 3.09. The van der Waals surface area contributed by atoms with E-state index in [2.05, 4.69) is 15.6 Å². The summed E-state index contributed by atoms with van der Waals surface area (Å²) in [7, 11) is 1.76. The van der Waals surface area contributed by atoms with Crippen LogP contribution in [0.4, 0.5) is 0 Å². The van der Waals surface area contributed by atoms with Gasteiger partial charge in [-0.2, -0.15) is 0 Å². The number of likely N-dealkylation sites (N-methyl/N-ethyl adjacent to an activating group) is 1. The van der Waals surface area contributed by atoms with Gasteiger partial charge in [-0.1, -0.05) is 18.9 Å². The number of rotatable bonds is 6. The van der Waals surface area contributed by atoms with Crippen molar-refractivity contribution in [1.82, 2.24) is 20.5 Å². The quantitative estimate of drug-likeness (QED) is 0.811. The number of hydrogen-bond donors (Lipinski definition) is 2. The van der Waals surface area contributed by atoms with Crippen LogP contribution in [0.2, 0.25) is 0 Å². The molecule has 136 valence electrons. The monoisotopic (exact) mass is 344 g/mol. The highest BCUT2D eigenvalue weighted by Crippen LogP contribution is 2.33. The van der Waals surface area contributed by atoms with Gasteiger partial charge in [0.25, 0.3) is 0 Å². The highest BCUT2D eigenvalue weighted by Gasteiger charge is 2.38. The highest BCUT2D eigenvalue weighted by molar-refractivity contribution is 5.87. The molecule has 2 heterocycles. The average molecular weight is 344 g/mol. The van der Waals surface area contributed by atoms with Crippen molar-refractivity contribution in [3.8, 4) is 0 Å². The first-order valence-electron chi connectivity index (χ1n) is 9.31. The summed E-state index contributed by atoms with van der Waals surface area (Å²) in [5.41, 5.74) is 0.962. The van der Waals surface area contributed by atoms with E-state index in [1.165, 1.54) is 25.7 Å². The SMILES string of the molecule is CN(CCc1ccccn1)C(=O)CNC(=O)C1CC2CCCCC2N1. The molecule has 2 N–H and O–H groups in total. The van der Waals surface area contributed by atoms with Crippen LogP contribution in [0.1, 0.15) is 37.8 Å². The standard InChI is InChI=1S/C19H28N4O2/c1-23(11-9-15-7-4-5-10-20-15)18(24)13-21-19(25)17-12-14-6-2-3-8-16(14)22-17/h4-5,7,10,14,16-17,22H,2-3,6,8-9,11-13H2,1H3,(H,21,25). The van der Waals surface area contributed by atoms with Crippen LogP contribution < -0.4 is 10.6 Å². The molecule has 2 amide bonds. The molecule has 2 fully saturated rings. The topological polar surface area (TPSA) is 74.3 Å². The molecular weight excluding hydrogens is 316 g/mol. The Bertz CT molecular complexity index is 578. The molecule has 1 aromatic rings. The van der Waals surface area contributed by atoms with E-state index < -0.39 is 0 Å². The summed E-state index contributed by atoms with van der Waals surface area (Å²) in [4.78, 5) is 30.5. The van der Waals surface area contributed by atoms with Gasteiger partial charge in [-0.3, -0.25) is 14.6 Å². The van der Waals surface area contributed by atoms with Crippen LogP contribution in [0.3, 0.4) is 0 Å². The predicted octanol–water partition coefficient (Wildman–Crippen LogP) is 1.12. The van der Waals surface area contributed by atoms with E-state index in [1.807, 2.05) is 18.2 Å². The number of fused-ring (bicyclic) bond motifs is 1. The van der Waals surface area contributed by atoms with E-state index in [1.54, 1.807) is 18.1 Å². The summed E-state index contributed by atoms with van der Waals surface area (Å²) in [6, 6.07) is 6.11. The second-order valence-electron chi connectivity index (χ2n) is 7.21. The normalized spacial score (nSPS) is 25.2. The molecule has 0 bridgehead atoms. The summed E-state index contributed by atoms with van der Waals surface area (Å²) >= 11 is 0. The Labute approximate surface area is 149 Å². The van der Waals surface area contributed by atoms with Crippen LogP contribution in [0.15, 0.2) is 24.4 Å². The van der Waals surface area contributed by atoms with Crippen LogP contribution in [-0.2, 0) is 16.0 Å². The van der Waals surface area contributed by atoms with Gasteiger partial charge in [-0.15, -0.1) is 0 Å². The molecule has 1 aromatic heterocycles. The number of nitrogens with one attached hydrogen (secondary N) is 2. The van der Waals surface area contributed by atoms with Crippen LogP contribution >= 0.6 is 0 Å². The fraction of sp³-hybridized carbons (Fsp3) is 0.632. The zero-order chi connectivity index (χ0) is 17.6. The minimum Gasteiger partial charge on any atom is -0.346 e. The molecule has 2 aliphatic rings. The smallest absolute Gasteiger partial charge is 0.241 e. The largest absolute Gasteiger partial charge is 0.346 e. The Balaban J connectivity index is 1.38. The lowest BCUT2D eigenvalue weighted by atomic mass is 9.85. The Morgan fingerprint density at radius 3 is 2.92 bits per heavy atom. The lowest BCUT2D eigenvalue weighted by Crippen LogP contribution is -2.46. The van der Waals surface area contributed by atoms with E-state index in [-0.39, 0.29) is 24.4 Å². The van der Waals surface area contributed by atoms with Gasteiger partial charge in [0, 0.05) is 37.9 Å². The third-order valence-corrected chi connectivity index (χ3v) is 5.45. The number of hydrogen-bond acceptors (Lipinski definition) is 4. The molecule has 3 rings (SSSR count). The Kier molecular flexibility index (Phi) is 6.02. The molecule has 0 radical (unpaired) electrons. The van der Waals surface area contributed by atoms with Crippen molar-refractivity contribution in [2.75, 3.05) is 20.1 Å². The maximum atomic E-state index is 12.3. The summed E-state index contributed by atoms with van der Waals surface area (Å²) in [6.07, 6.45) is 8.29. The molecule has 1 aliphatic heterocycles. The van der Waals surface area contributed by atoms with Crippen molar-refractivity contribution in [2.24, 2.45) is 5.92 Å². The minimum absolute atomic E-state index is 0.0409. The molecule has 1 saturated carbocycles. The van der Waals surface area contributed by atoms with Gasteiger partial charge in [0.05, 0.1) is 12.6 Å². The third-order valence-electron chi connectivity index (χ3n) is 5.45. The van der Waals surface area contributed by atoms with Gasteiger partial charge in [0.1, 0.15) is 0 Å². The van der Waals surface area contributed by atoms with Crippen molar-refractivity contribution in [3.63, 3.8) is 0 Å². The summed E-state index contributed by atoms with van der Waals surface area (Å²) in [5, 5.41) is 6.25. The molecule has 3 atom stereocenters. The maximum Gasteiger partial charge on any atom is 0.241 e. The minimum atomic E-state index is -0.139. The lowest BCUT2D eigenvalue weighted by Gasteiger charge is -2.24. The Hall–Kier alpha value is -1.95. The summed E-state index contributed by atoms with van der Waals surface area (Å²) in [5.74, 6) is 0.516. The molecule has 3 unspecified atom stereocenters. The maximum absolute atomic E-state index is 12.3. The Morgan fingerprint density at radius 1 is 1.32 bits per heavy atom. The molecule has 0 aromatic carbocycles. The van der Waals surface area contributed by atoms with E-state index in [0.29, 0.717) is 24.9 Å². The van der Waals surface area contributed by atoms with Crippen molar-refractivity contribution in [1.29, 1.82) is 0 Å². The van der Waals surface area contributed by atoms with E-state index in [9.17, 15) is 9.59 Å². The van der Waals surface area contributed by atoms with Crippen LogP contribution in [0.5, 0.6) is 0 Å². The molecule has 1 aliphatic carbocycles. The van der Waals surface area contributed by atoms with Gasteiger partial charge in [-0.05, 0) is 37.3 Å². The molecule has 0 spiro atoms. The van der Waals surface area contributed by atoms with Gasteiger partial charge >= 0.3 is 0 Å². The fourth-order valence-corrected chi connectivity index (χ4v) is 3.89. The molecule has 6 nitrogen and oxygen atoms in total. The number of aromatic nitrogens is 1. The Morgan fingerprint density at radius 2 is 2.16 bits per heavy atom. The van der Waals surface area contributed by atoms with Gasteiger partial charge < -0.3 is 15.5 Å². The van der Waals surface area contributed by atoms with Crippen molar-refractivity contribution < 1.29 is 9.59 Å². The van der Waals surface area contributed by atoms with Crippen LogP contribution in [0, 0.1) is 5.92 Å². The molecule has 1 saturated heterocycles. The summed E-state index contributed by atoms with van der Waals surface area (Å²) in [6.45, 7) is 0.655. The first kappa shape index (κ1) is 17.9. The molecular formula is C19H28N4O2. The van der Waals surface area contributed by atoms with Crippen LogP contribution in [0.25, 0.3) is 0 Å². The van der Waals surface area contributed by atoms with Gasteiger partial charge in [-0.25, -0.2) is 0 Å². The first-order valence-corrected chi connectivity index (χ1v) is 9.31. The molecule has 6 heteroatoms. The lowest BCUT2D eigenvalue weighted by molar-refractivity contribution is -0.132. The second-order valence-corrected chi connectivity index (χ2v) is 7.21. The number of nitrogens with zero attached hydrogens (tertiary/aromatic N) is 2. The van der Waals surface area contributed by atoms with Gasteiger partial charge in [0.15, 0.2) is 0 Å². The number of carbonyl (C=O) groups is 2. The number of pyridine rings is 1. The number of carbonyl (C=O) groups excluding carboxylic acids is 2. The highest BCUT2D eigenvalue weighted by atomic mass is 16.2. The third kappa shape index (κ3) is 4.78. The zero-order valence-corrected chi connectivity index (χ0v) is 14.9. The second kappa shape index (κ2) is 8.43. The zero-order valence-electron chi connectivity index (χ0n) is 14.9. The van der Waals surface area contributed by atoms with Gasteiger partial charge in [0.2, 0.25) is 11.8 Å². The van der Waals surface area contributed by atoms with Crippen molar-refractivity contribution in [2.45, 2.75) is 50.6 Å².